The number of ether oxygens (including phenoxy) is 1. The van der Waals surface area contributed by atoms with E-state index in [2.05, 4.69) is 30.2 Å². The van der Waals surface area contributed by atoms with Crippen molar-refractivity contribution in [3.63, 3.8) is 0 Å². The van der Waals surface area contributed by atoms with Crippen molar-refractivity contribution in [2.24, 2.45) is 7.05 Å². The molecular weight excluding hydrogens is 611 g/mol. The number of aromatic nitrogens is 7. The van der Waals surface area contributed by atoms with Crippen molar-refractivity contribution in [3.05, 3.63) is 45.1 Å². The second-order valence-corrected chi connectivity index (χ2v) is 12.3. The molecular formula is C28H24ClF5N8O2. The topological polar surface area (TPSA) is 110 Å². The zero-order valence-corrected chi connectivity index (χ0v) is 23.9. The molecule has 2 saturated heterocycles. The SMILES string of the molecule is Cn1c2nc(OC[C@@]34CCCN3C/C(=C\F)C4)[nH]c(=O)c2c2c1c(-c1c(C3(F)CC3)c(Cl)cc3[nH]ncc13)nn2C(F)(F)F. The molecule has 0 amide bonds. The summed E-state index contributed by atoms with van der Waals surface area (Å²) >= 11 is 6.53. The molecule has 1 aromatic carbocycles. The number of benzene rings is 1. The summed E-state index contributed by atoms with van der Waals surface area (Å²) in [6, 6.07) is 1.30. The lowest BCUT2D eigenvalue weighted by Crippen LogP contribution is -2.43. The van der Waals surface area contributed by atoms with Gasteiger partial charge in [0, 0.05) is 35.1 Å². The fourth-order valence-electron chi connectivity index (χ4n) is 7.13. The van der Waals surface area contributed by atoms with E-state index in [0.717, 1.165) is 19.4 Å². The van der Waals surface area contributed by atoms with E-state index >= 15 is 4.39 Å². The van der Waals surface area contributed by atoms with Crippen molar-refractivity contribution in [3.8, 4) is 17.3 Å². The molecule has 1 aliphatic carbocycles. The van der Waals surface area contributed by atoms with Gasteiger partial charge in [-0.1, -0.05) is 11.6 Å². The van der Waals surface area contributed by atoms with Crippen molar-refractivity contribution >= 4 is 44.6 Å². The highest BCUT2D eigenvalue weighted by molar-refractivity contribution is 6.33. The summed E-state index contributed by atoms with van der Waals surface area (Å²) in [6.07, 6.45) is -0.627. The number of rotatable bonds is 5. The second-order valence-electron chi connectivity index (χ2n) is 11.9. The Morgan fingerprint density at radius 2 is 2.02 bits per heavy atom. The highest BCUT2D eigenvalue weighted by Crippen LogP contribution is 2.57. The van der Waals surface area contributed by atoms with Crippen LogP contribution >= 0.6 is 11.6 Å². The maximum Gasteiger partial charge on any atom is 0.505 e. The van der Waals surface area contributed by atoms with Gasteiger partial charge in [0.15, 0.2) is 5.65 Å². The zero-order valence-electron chi connectivity index (χ0n) is 23.2. The van der Waals surface area contributed by atoms with Gasteiger partial charge < -0.3 is 9.30 Å². The van der Waals surface area contributed by atoms with E-state index in [1.165, 1.54) is 23.9 Å². The van der Waals surface area contributed by atoms with Crippen LogP contribution in [0, 0.1) is 0 Å². The number of fused-ring (bicyclic) bond motifs is 5. The minimum absolute atomic E-state index is 0.0230. The molecule has 3 aliphatic rings. The van der Waals surface area contributed by atoms with Gasteiger partial charge in [-0.2, -0.15) is 19.9 Å². The molecule has 1 saturated carbocycles. The Morgan fingerprint density at radius 1 is 1.23 bits per heavy atom. The van der Waals surface area contributed by atoms with Gasteiger partial charge in [0.2, 0.25) is 0 Å². The van der Waals surface area contributed by atoms with E-state index in [1.807, 2.05) is 0 Å². The number of halogens is 6. The summed E-state index contributed by atoms with van der Waals surface area (Å²) in [6.45, 7) is 1.37. The normalized spacial score (nSPS) is 22.7. The average molecular weight is 635 g/mol. The Balaban J connectivity index is 1.33. The molecule has 0 unspecified atom stereocenters. The van der Waals surface area contributed by atoms with Crippen molar-refractivity contribution < 1.29 is 26.7 Å². The minimum Gasteiger partial charge on any atom is -0.463 e. The molecule has 2 N–H and O–H groups in total. The van der Waals surface area contributed by atoms with Crippen LogP contribution in [-0.4, -0.2) is 64.6 Å². The number of nitrogens with one attached hydrogen (secondary N) is 2. The fraction of sp³-hybridized carbons (Fsp3) is 0.429. The quantitative estimate of drug-likeness (QED) is 0.240. The molecule has 44 heavy (non-hydrogen) atoms. The number of hydrogen-bond acceptors (Lipinski definition) is 6. The molecule has 16 heteroatoms. The summed E-state index contributed by atoms with van der Waals surface area (Å²) in [4.78, 5) is 22.5. The highest BCUT2D eigenvalue weighted by Gasteiger charge is 2.50. The predicted molar refractivity (Wildman–Crippen MR) is 151 cm³/mol. The molecule has 2 aliphatic heterocycles. The third kappa shape index (κ3) is 3.81. The average Bonchev–Trinajstić information content (AvgIpc) is 3.45. The van der Waals surface area contributed by atoms with Crippen LogP contribution in [0.15, 0.2) is 29.0 Å². The molecule has 8 rings (SSSR count). The lowest BCUT2D eigenvalue weighted by molar-refractivity contribution is -0.208. The van der Waals surface area contributed by atoms with Gasteiger partial charge in [0.1, 0.15) is 28.9 Å². The first-order valence-electron chi connectivity index (χ1n) is 14.0. The molecule has 0 spiro atoms. The maximum absolute atomic E-state index is 15.8. The largest absolute Gasteiger partial charge is 0.505 e. The molecule has 6 heterocycles. The van der Waals surface area contributed by atoms with E-state index < -0.39 is 28.6 Å². The molecule has 230 valence electrons. The monoisotopic (exact) mass is 634 g/mol. The smallest absolute Gasteiger partial charge is 0.463 e. The third-order valence-corrected chi connectivity index (χ3v) is 9.56. The zero-order chi connectivity index (χ0) is 30.8. The van der Waals surface area contributed by atoms with Crippen LogP contribution in [0.3, 0.4) is 0 Å². The van der Waals surface area contributed by atoms with E-state index in [-0.39, 0.29) is 68.5 Å². The van der Waals surface area contributed by atoms with E-state index in [4.69, 9.17) is 16.3 Å². The van der Waals surface area contributed by atoms with Crippen LogP contribution in [0.25, 0.3) is 44.2 Å². The van der Waals surface area contributed by atoms with Crippen LogP contribution in [0.4, 0.5) is 22.0 Å². The van der Waals surface area contributed by atoms with Crippen LogP contribution in [0.5, 0.6) is 6.01 Å². The summed E-state index contributed by atoms with van der Waals surface area (Å²) < 4.78 is 79.8. The van der Waals surface area contributed by atoms with Crippen molar-refractivity contribution in [1.29, 1.82) is 0 Å². The molecule has 1 atom stereocenters. The predicted octanol–water partition coefficient (Wildman–Crippen LogP) is 5.71. The Kier molecular flexibility index (Phi) is 5.66. The number of hydrogen-bond donors (Lipinski definition) is 2. The first-order chi connectivity index (χ1) is 20.9. The Hall–Kier alpha value is -3.98. The maximum atomic E-state index is 15.8. The summed E-state index contributed by atoms with van der Waals surface area (Å²) in [7, 11) is 1.46. The lowest BCUT2D eigenvalue weighted by atomic mass is 9.94. The van der Waals surface area contributed by atoms with Gasteiger partial charge >= 0.3 is 6.30 Å². The Morgan fingerprint density at radius 3 is 2.75 bits per heavy atom. The van der Waals surface area contributed by atoms with E-state index in [9.17, 15) is 22.4 Å². The van der Waals surface area contributed by atoms with Crippen molar-refractivity contribution in [2.45, 2.75) is 49.6 Å². The number of aryl methyl sites for hydroxylation is 1. The van der Waals surface area contributed by atoms with E-state index in [0.29, 0.717) is 35.8 Å². The molecule has 0 bridgehead atoms. The van der Waals surface area contributed by atoms with E-state index in [1.54, 1.807) is 0 Å². The number of aromatic amines is 2. The van der Waals surface area contributed by atoms with Crippen LogP contribution < -0.4 is 10.3 Å². The minimum atomic E-state index is -5.04. The van der Waals surface area contributed by atoms with Crippen LogP contribution in [0.1, 0.15) is 37.7 Å². The fourth-order valence-corrected chi connectivity index (χ4v) is 7.51. The summed E-state index contributed by atoms with van der Waals surface area (Å²) in [5, 5.41) is 10.7. The first-order valence-corrected chi connectivity index (χ1v) is 14.4. The van der Waals surface area contributed by atoms with Gasteiger partial charge in [-0.25, -0.2) is 8.78 Å². The van der Waals surface area contributed by atoms with Crippen molar-refractivity contribution in [2.75, 3.05) is 19.7 Å². The first kappa shape index (κ1) is 27.6. The van der Waals surface area contributed by atoms with Gasteiger partial charge in [0.25, 0.3) is 11.6 Å². The highest BCUT2D eigenvalue weighted by atomic mass is 35.5. The van der Waals surface area contributed by atoms with Crippen molar-refractivity contribution in [1.82, 2.24) is 39.4 Å². The lowest BCUT2D eigenvalue weighted by Gasteiger charge is -2.30. The third-order valence-electron chi connectivity index (χ3n) is 9.26. The number of nitrogens with zero attached hydrogens (tertiary/aromatic N) is 6. The summed E-state index contributed by atoms with van der Waals surface area (Å²) in [5.41, 5.74) is -2.98. The standard InChI is InChI=1S/C28H24ClF5N8O2/c1-40-22-20(17-14-10-35-38-16(14)7-15(29)19(17)27(31)4-5-27)39-42(28(32,33)34)21(22)18-23(40)36-25(37-24(18)43)44-12-26-3-2-6-41(26)11-13(8-26)9-30/h7,9-10H,2-6,8,11-12H2,1H3,(H,35,38)(H,36,37,43)/b13-9-/t26-/m0/s1. The Bertz CT molecular complexity index is 2110. The summed E-state index contributed by atoms with van der Waals surface area (Å²) in [5.74, 6) is 0. The molecule has 0 radical (unpaired) electrons. The van der Waals surface area contributed by atoms with Gasteiger partial charge in [-0.3, -0.25) is 19.8 Å². The van der Waals surface area contributed by atoms with Gasteiger partial charge in [0.05, 0.1) is 29.1 Å². The number of alkyl halides is 4. The van der Waals surface area contributed by atoms with Crippen LogP contribution in [-0.2, 0) is 19.0 Å². The molecule has 3 fully saturated rings. The molecule has 10 nitrogen and oxygen atoms in total. The van der Waals surface area contributed by atoms with Gasteiger partial charge in [-0.15, -0.1) is 13.2 Å². The molecule has 5 aromatic rings. The Labute approximate surface area is 249 Å². The number of H-pyrrole nitrogens is 2. The van der Waals surface area contributed by atoms with Gasteiger partial charge in [-0.05, 0) is 50.3 Å². The second kappa shape index (κ2) is 9.03. The van der Waals surface area contributed by atoms with Crippen LogP contribution in [0.2, 0.25) is 5.02 Å². The molecule has 4 aromatic heterocycles.